The second-order valence-electron chi connectivity index (χ2n) is 14.2. The monoisotopic (exact) mass is 700 g/mol. The van der Waals surface area contributed by atoms with Gasteiger partial charge in [-0.15, -0.1) is 0 Å². The van der Waals surface area contributed by atoms with Crippen LogP contribution in [0.4, 0.5) is 0 Å². The van der Waals surface area contributed by atoms with Crippen molar-refractivity contribution in [2.75, 3.05) is 0 Å². The predicted molar refractivity (Wildman–Crippen MR) is 233 cm³/mol. The molecule has 1 aromatic heterocycles. The number of hydrogen-bond acceptors (Lipinski definition) is 1. The fourth-order valence-electron chi connectivity index (χ4n) is 8.45. The van der Waals surface area contributed by atoms with E-state index in [-0.39, 0.29) is 0 Å². The number of furan rings is 1. The minimum Gasteiger partial charge on any atom is -0.456 e. The van der Waals surface area contributed by atoms with Crippen LogP contribution in [0, 0.1) is 0 Å². The zero-order chi connectivity index (χ0) is 38.0. The lowest BCUT2D eigenvalue weighted by molar-refractivity contribution is 0.669. The van der Waals surface area contributed by atoms with Crippen LogP contribution in [0.25, 0.3) is 110 Å². The Morgan fingerprint density at radius 2 is 0.727 bits per heavy atom. The molecule has 0 radical (unpaired) electrons. The van der Waals surface area contributed by atoms with E-state index in [1.54, 1.807) is 0 Å². The third kappa shape index (κ3) is 5.24. The van der Waals surface area contributed by atoms with Crippen molar-refractivity contribution in [1.82, 2.24) is 0 Å². The lowest BCUT2D eigenvalue weighted by Crippen LogP contribution is -1.92. The fourth-order valence-corrected chi connectivity index (χ4v) is 8.45. The molecule has 0 aliphatic carbocycles. The third-order valence-corrected chi connectivity index (χ3v) is 11.0. The van der Waals surface area contributed by atoms with Crippen molar-refractivity contribution in [1.29, 1.82) is 0 Å². The van der Waals surface area contributed by atoms with Gasteiger partial charge in [-0.3, -0.25) is 0 Å². The molecule has 0 aliphatic rings. The van der Waals surface area contributed by atoms with Crippen LogP contribution in [0.3, 0.4) is 0 Å². The summed E-state index contributed by atoms with van der Waals surface area (Å²) in [6, 6.07) is 68.7. The zero-order valence-corrected chi connectivity index (χ0v) is 29.9. The van der Waals surface area contributed by atoms with Crippen LogP contribution in [0.15, 0.2) is 211 Å². The van der Waals surface area contributed by atoms with Gasteiger partial charge in [0.2, 0.25) is 0 Å². The molecule has 1 nitrogen and oxygen atoms in total. The van der Waals surface area contributed by atoms with E-state index in [0.29, 0.717) is 34.0 Å². The first-order valence-corrected chi connectivity index (χ1v) is 18.8. The summed E-state index contributed by atoms with van der Waals surface area (Å²) in [5.74, 6) is 0. The Kier molecular flexibility index (Phi) is 6.77. The highest BCUT2D eigenvalue weighted by Crippen LogP contribution is 2.47. The molecular weight excluding hydrogens is 665 g/mol. The van der Waals surface area contributed by atoms with E-state index in [2.05, 4.69) is 164 Å². The van der Waals surface area contributed by atoms with Gasteiger partial charge in [-0.05, 0) is 112 Å². The molecule has 0 atom stereocenters. The average Bonchev–Trinajstić information content (AvgIpc) is 3.68. The molecule has 1 heteroatoms. The van der Waals surface area contributed by atoms with Crippen molar-refractivity contribution in [3.63, 3.8) is 0 Å². The minimum absolute atomic E-state index is 0.304. The molecule has 0 bridgehead atoms. The van der Waals surface area contributed by atoms with Crippen molar-refractivity contribution in [2.24, 2.45) is 0 Å². The number of hydrogen-bond donors (Lipinski definition) is 0. The summed E-state index contributed by atoms with van der Waals surface area (Å²) in [4.78, 5) is 0. The topological polar surface area (TPSA) is 13.1 Å². The Morgan fingerprint density at radius 1 is 0.309 bits per heavy atom. The van der Waals surface area contributed by atoms with Gasteiger partial charge in [0.05, 0.1) is 2.74 Å². The van der Waals surface area contributed by atoms with E-state index in [9.17, 15) is 2.74 Å². The predicted octanol–water partition coefficient (Wildman–Crippen LogP) is 15.4. The van der Waals surface area contributed by atoms with Gasteiger partial charge in [0.25, 0.3) is 0 Å². The molecule has 0 unspecified atom stereocenters. The van der Waals surface area contributed by atoms with Crippen LogP contribution >= 0.6 is 0 Å². The van der Waals surface area contributed by atoms with Crippen molar-refractivity contribution in [3.05, 3.63) is 206 Å². The van der Waals surface area contributed by atoms with Gasteiger partial charge in [0.15, 0.2) is 0 Å². The molecule has 0 spiro atoms. The third-order valence-electron chi connectivity index (χ3n) is 11.0. The summed E-state index contributed by atoms with van der Waals surface area (Å²) in [6.45, 7) is 0. The molecule has 0 N–H and O–H groups in total. The maximum Gasteiger partial charge on any atom is 0.136 e. The summed E-state index contributed by atoms with van der Waals surface area (Å²) in [5, 5.41) is 7.62. The van der Waals surface area contributed by atoms with Gasteiger partial charge in [-0.25, -0.2) is 0 Å². The maximum absolute atomic E-state index is 9.49. The number of rotatable bonds is 5. The Balaban J connectivity index is 1.19. The molecule has 1 heterocycles. The average molecular weight is 701 g/mol. The highest BCUT2D eigenvalue weighted by atomic mass is 16.3. The minimum atomic E-state index is 0.304. The summed E-state index contributed by atoms with van der Waals surface area (Å²) < 4.78 is 25.5. The highest BCUT2D eigenvalue weighted by molar-refractivity contribution is 6.23. The van der Waals surface area contributed by atoms with Gasteiger partial charge in [0, 0.05) is 10.8 Å². The van der Waals surface area contributed by atoms with Gasteiger partial charge in [-0.2, -0.15) is 0 Å². The van der Waals surface area contributed by atoms with E-state index in [1.807, 2.05) is 30.3 Å². The first-order valence-electron chi connectivity index (χ1n) is 19.8. The van der Waals surface area contributed by atoms with Crippen LogP contribution in [-0.4, -0.2) is 0 Å². The molecule has 11 rings (SSSR count). The van der Waals surface area contributed by atoms with Crippen LogP contribution in [-0.2, 0) is 0 Å². The molecule has 256 valence electrons. The fraction of sp³-hybridized carbons (Fsp3) is 0. The Bertz CT molecular complexity index is 3270. The van der Waals surface area contributed by atoms with Gasteiger partial charge in [-0.1, -0.05) is 182 Å². The van der Waals surface area contributed by atoms with Gasteiger partial charge < -0.3 is 4.42 Å². The summed E-state index contributed by atoms with van der Waals surface area (Å²) >= 11 is 0. The smallest absolute Gasteiger partial charge is 0.136 e. The normalized spacial score (nSPS) is 12.1. The summed E-state index contributed by atoms with van der Waals surface area (Å²) in [6.07, 6.45) is 0. The van der Waals surface area contributed by atoms with Crippen LogP contribution in [0.5, 0.6) is 0 Å². The molecular formula is C54H34O. The quantitative estimate of drug-likeness (QED) is 0.163. The van der Waals surface area contributed by atoms with Crippen molar-refractivity contribution in [2.45, 2.75) is 0 Å². The molecule has 10 aromatic carbocycles. The summed E-state index contributed by atoms with van der Waals surface area (Å²) in [5.41, 5.74) is 12.3. The van der Waals surface area contributed by atoms with Gasteiger partial charge in [0.1, 0.15) is 11.2 Å². The van der Waals surface area contributed by atoms with E-state index in [0.717, 1.165) is 54.9 Å². The molecule has 55 heavy (non-hydrogen) atoms. The highest BCUT2D eigenvalue weighted by Gasteiger charge is 2.21. The van der Waals surface area contributed by atoms with Crippen LogP contribution in [0.1, 0.15) is 2.74 Å². The van der Waals surface area contributed by atoms with Crippen LogP contribution in [0.2, 0.25) is 0 Å². The molecule has 0 saturated heterocycles. The van der Waals surface area contributed by atoms with Crippen molar-refractivity contribution >= 4 is 54.3 Å². The van der Waals surface area contributed by atoms with E-state index >= 15 is 0 Å². The number of fused-ring (bicyclic) bond motifs is 6. The van der Waals surface area contributed by atoms with Crippen molar-refractivity contribution in [3.8, 4) is 55.6 Å². The first-order chi connectivity index (χ1) is 28.1. The lowest BCUT2D eigenvalue weighted by atomic mass is 9.84. The lowest BCUT2D eigenvalue weighted by Gasteiger charge is -2.19. The molecule has 0 saturated carbocycles. The second kappa shape index (κ2) is 12.7. The van der Waals surface area contributed by atoms with E-state index in [4.69, 9.17) is 4.42 Å². The van der Waals surface area contributed by atoms with Gasteiger partial charge >= 0.3 is 0 Å². The maximum atomic E-state index is 9.49. The first kappa shape index (κ1) is 29.3. The molecule has 11 aromatic rings. The Morgan fingerprint density at radius 3 is 1.27 bits per heavy atom. The number of benzene rings is 10. The van der Waals surface area contributed by atoms with Crippen LogP contribution < -0.4 is 0 Å². The zero-order valence-electron chi connectivity index (χ0n) is 31.9. The molecule has 0 amide bonds. The molecule has 0 fully saturated rings. The molecule has 0 aliphatic heterocycles. The Hall–Kier alpha value is -7.22. The standard InChI is InChI=1S/C54H34O/c1-3-13-35(14-4-1)37-23-27-39(28-24-37)48-32-43(34-51-54(48)49-31-41-17-7-8-18-42(41)33-50(49)55-51)53-46-21-11-9-19-44(46)52(45-20-10-12-22-47(45)53)40-29-25-38(26-30-40)36-15-5-2-6-16-36/h1-34H/i31D,33D. The van der Waals surface area contributed by atoms with Crippen molar-refractivity contribution < 1.29 is 7.16 Å². The second-order valence-corrected chi connectivity index (χ2v) is 14.2. The Labute approximate surface area is 322 Å². The largest absolute Gasteiger partial charge is 0.456 e. The van der Waals surface area contributed by atoms with E-state index in [1.165, 1.54) is 33.0 Å². The summed E-state index contributed by atoms with van der Waals surface area (Å²) in [7, 11) is 0. The SMILES string of the molecule is [2H]c1c2ccccc2c([2H])c2c1oc1cc(-c3c4ccccc4c(-c4ccc(-c5ccccc5)cc4)c4ccccc34)cc(-c3ccc(-c4ccccc4)cc3)c12. The van der Waals surface area contributed by atoms with E-state index < -0.39 is 0 Å².